The lowest BCUT2D eigenvalue weighted by Gasteiger charge is -2.05. The number of nitrogens with two attached hydrogens (primary N) is 1. The van der Waals surface area contributed by atoms with Crippen molar-refractivity contribution >= 4 is 27.8 Å². The van der Waals surface area contributed by atoms with Gasteiger partial charge in [0.25, 0.3) is 0 Å². The average Bonchev–Trinajstić information content (AvgIpc) is 3.17. The minimum atomic E-state index is 0.454. The van der Waals surface area contributed by atoms with Gasteiger partial charge in [0, 0.05) is 17.8 Å². The fourth-order valence-electron chi connectivity index (χ4n) is 2.62. The first kappa shape index (κ1) is 12.8. The van der Waals surface area contributed by atoms with Gasteiger partial charge in [0.15, 0.2) is 0 Å². The maximum atomic E-state index is 6.08. The van der Waals surface area contributed by atoms with Crippen molar-refractivity contribution in [3.8, 4) is 5.69 Å². The number of nitrogens with zero attached hydrogens (tertiary/aromatic N) is 4. The summed E-state index contributed by atoms with van der Waals surface area (Å²) >= 11 is 0. The first-order chi connectivity index (χ1) is 10.8. The molecule has 3 aromatic heterocycles. The predicted octanol–water partition coefficient (Wildman–Crippen LogP) is 1.60. The van der Waals surface area contributed by atoms with E-state index < -0.39 is 0 Å². The third-order valence-electron chi connectivity index (χ3n) is 3.60. The van der Waals surface area contributed by atoms with Crippen LogP contribution in [0, 0.1) is 0 Å². The van der Waals surface area contributed by atoms with Gasteiger partial charge in [0.05, 0.1) is 17.7 Å². The van der Waals surface area contributed by atoms with E-state index in [1.807, 2.05) is 37.5 Å². The normalized spacial score (nSPS) is 11.5. The zero-order valence-corrected chi connectivity index (χ0v) is 12.0. The van der Waals surface area contributed by atoms with Gasteiger partial charge in [-0.05, 0) is 31.3 Å². The number of hydrogen-bond acceptors (Lipinski definition) is 5. The fourth-order valence-corrected chi connectivity index (χ4v) is 2.62. The molecule has 4 aromatic rings. The van der Waals surface area contributed by atoms with Gasteiger partial charge >= 0.3 is 0 Å². The highest BCUT2D eigenvalue weighted by Crippen LogP contribution is 2.27. The summed E-state index contributed by atoms with van der Waals surface area (Å²) in [4.78, 5) is 12.3. The van der Waals surface area contributed by atoms with Crippen LogP contribution >= 0.6 is 0 Å². The molecule has 1 aromatic carbocycles. The molecule has 110 valence electrons. The Morgan fingerprint density at radius 1 is 1.32 bits per heavy atom. The van der Waals surface area contributed by atoms with Gasteiger partial charge in [-0.15, -0.1) is 0 Å². The summed E-state index contributed by atoms with van der Waals surface area (Å²) < 4.78 is 1.79. The standard InChI is InChI=1S/C15H15N7/c1-17-8-12-20-13-10-4-3-9(22-6-2-5-18-22)7-11(10)19-15(16)14(13)21-12/h2-7,17H,8H2,1H3,(H2,16,19)(H,20,21). The Morgan fingerprint density at radius 3 is 3.00 bits per heavy atom. The van der Waals surface area contributed by atoms with E-state index in [4.69, 9.17) is 5.73 Å². The summed E-state index contributed by atoms with van der Waals surface area (Å²) in [6, 6.07) is 7.85. The summed E-state index contributed by atoms with van der Waals surface area (Å²) in [6.07, 6.45) is 3.63. The van der Waals surface area contributed by atoms with Crippen LogP contribution in [-0.4, -0.2) is 31.8 Å². The van der Waals surface area contributed by atoms with Crippen LogP contribution in [0.25, 0.3) is 27.6 Å². The van der Waals surface area contributed by atoms with Crippen molar-refractivity contribution in [1.82, 2.24) is 30.0 Å². The molecule has 0 aliphatic carbocycles. The number of nitrogen functional groups attached to an aromatic ring is 1. The third kappa shape index (κ3) is 1.91. The smallest absolute Gasteiger partial charge is 0.150 e. The minimum Gasteiger partial charge on any atom is -0.382 e. The molecule has 0 saturated carbocycles. The van der Waals surface area contributed by atoms with Gasteiger partial charge in [-0.3, -0.25) is 0 Å². The van der Waals surface area contributed by atoms with E-state index in [-0.39, 0.29) is 0 Å². The number of benzene rings is 1. The topological polar surface area (TPSA) is 97.4 Å². The van der Waals surface area contributed by atoms with Gasteiger partial charge in [0.2, 0.25) is 0 Å². The van der Waals surface area contributed by atoms with Crippen molar-refractivity contribution in [3.05, 3.63) is 42.5 Å². The van der Waals surface area contributed by atoms with Crippen LogP contribution in [0.5, 0.6) is 0 Å². The van der Waals surface area contributed by atoms with Crippen LogP contribution in [-0.2, 0) is 6.54 Å². The van der Waals surface area contributed by atoms with Crippen molar-refractivity contribution in [2.24, 2.45) is 0 Å². The zero-order valence-electron chi connectivity index (χ0n) is 12.0. The minimum absolute atomic E-state index is 0.454. The van der Waals surface area contributed by atoms with Gasteiger partial charge < -0.3 is 16.0 Å². The number of rotatable bonds is 3. The zero-order chi connectivity index (χ0) is 15.1. The summed E-state index contributed by atoms with van der Waals surface area (Å²) in [5, 5.41) is 8.28. The Morgan fingerprint density at radius 2 is 2.23 bits per heavy atom. The first-order valence-corrected chi connectivity index (χ1v) is 6.98. The predicted molar refractivity (Wildman–Crippen MR) is 85.7 cm³/mol. The van der Waals surface area contributed by atoms with Crippen molar-refractivity contribution < 1.29 is 0 Å². The van der Waals surface area contributed by atoms with Crippen LogP contribution in [0.1, 0.15) is 5.82 Å². The Hall–Kier alpha value is -2.93. The number of H-pyrrole nitrogens is 1. The van der Waals surface area contributed by atoms with Crippen molar-refractivity contribution in [2.75, 3.05) is 12.8 Å². The van der Waals surface area contributed by atoms with Crippen LogP contribution in [0.4, 0.5) is 5.82 Å². The molecule has 0 unspecified atom stereocenters. The summed E-state index contributed by atoms with van der Waals surface area (Å²) in [7, 11) is 1.88. The molecule has 7 heteroatoms. The maximum absolute atomic E-state index is 6.08. The number of fused-ring (bicyclic) bond motifs is 3. The van der Waals surface area contributed by atoms with E-state index in [2.05, 4.69) is 25.4 Å². The Kier molecular flexibility index (Phi) is 2.80. The van der Waals surface area contributed by atoms with Crippen molar-refractivity contribution in [2.45, 2.75) is 6.54 Å². The van der Waals surface area contributed by atoms with Gasteiger partial charge in [-0.1, -0.05) is 0 Å². The summed E-state index contributed by atoms with van der Waals surface area (Å²) in [5.74, 6) is 1.30. The fraction of sp³-hybridized carbons (Fsp3) is 0.133. The quantitative estimate of drug-likeness (QED) is 0.533. The number of nitrogens with one attached hydrogen (secondary N) is 2. The van der Waals surface area contributed by atoms with E-state index >= 15 is 0 Å². The number of imidazole rings is 1. The van der Waals surface area contributed by atoms with Crippen LogP contribution < -0.4 is 11.1 Å². The molecule has 0 radical (unpaired) electrons. The van der Waals surface area contributed by atoms with Crippen LogP contribution in [0.2, 0.25) is 0 Å². The molecule has 0 atom stereocenters. The molecule has 7 nitrogen and oxygen atoms in total. The molecular weight excluding hydrogens is 278 g/mol. The highest BCUT2D eigenvalue weighted by atomic mass is 15.3. The number of aromatic nitrogens is 5. The Bertz CT molecular complexity index is 953. The summed E-state index contributed by atoms with van der Waals surface area (Å²) in [6.45, 7) is 0.654. The molecule has 0 aliphatic rings. The molecule has 0 bridgehead atoms. The number of hydrogen-bond donors (Lipinski definition) is 3. The lowest BCUT2D eigenvalue weighted by Crippen LogP contribution is -2.06. The Labute approximate surface area is 126 Å². The first-order valence-electron chi connectivity index (χ1n) is 6.98. The highest BCUT2D eigenvalue weighted by Gasteiger charge is 2.12. The number of pyridine rings is 1. The molecule has 22 heavy (non-hydrogen) atoms. The third-order valence-corrected chi connectivity index (χ3v) is 3.60. The van der Waals surface area contributed by atoms with Crippen molar-refractivity contribution in [1.29, 1.82) is 0 Å². The van der Waals surface area contributed by atoms with E-state index in [1.54, 1.807) is 10.9 Å². The van der Waals surface area contributed by atoms with Crippen LogP contribution in [0.15, 0.2) is 36.7 Å². The van der Waals surface area contributed by atoms with E-state index in [0.717, 1.165) is 33.4 Å². The molecule has 0 aliphatic heterocycles. The molecule has 0 saturated heterocycles. The Balaban J connectivity index is 1.96. The monoisotopic (exact) mass is 293 g/mol. The second-order valence-corrected chi connectivity index (χ2v) is 5.09. The molecule has 0 fully saturated rings. The number of aromatic amines is 1. The van der Waals surface area contributed by atoms with E-state index in [0.29, 0.717) is 12.4 Å². The lowest BCUT2D eigenvalue weighted by molar-refractivity contribution is 0.775. The SMILES string of the molecule is CNCc1nc2c([nH]1)c(N)nc1cc(-n3cccn3)ccc12. The van der Waals surface area contributed by atoms with Gasteiger partial charge in [-0.2, -0.15) is 5.10 Å². The van der Waals surface area contributed by atoms with Crippen molar-refractivity contribution in [3.63, 3.8) is 0 Å². The molecule has 4 N–H and O–H groups in total. The molecular formula is C15H15N7. The van der Waals surface area contributed by atoms with Gasteiger partial charge in [-0.25, -0.2) is 14.6 Å². The second kappa shape index (κ2) is 4.81. The molecule has 0 amide bonds. The average molecular weight is 293 g/mol. The van der Waals surface area contributed by atoms with Gasteiger partial charge in [0.1, 0.15) is 22.7 Å². The molecule has 3 heterocycles. The lowest BCUT2D eigenvalue weighted by atomic mass is 10.1. The second-order valence-electron chi connectivity index (χ2n) is 5.09. The maximum Gasteiger partial charge on any atom is 0.150 e. The highest BCUT2D eigenvalue weighted by molar-refractivity contribution is 6.06. The van der Waals surface area contributed by atoms with Crippen LogP contribution in [0.3, 0.4) is 0 Å². The number of anilines is 1. The van der Waals surface area contributed by atoms with E-state index in [1.165, 1.54) is 0 Å². The largest absolute Gasteiger partial charge is 0.382 e. The summed E-state index contributed by atoms with van der Waals surface area (Å²) in [5.41, 5.74) is 9.45. The molecule has 4 rings (SSSR count). The molecule has 0 spiro atoms. The van der Waals surface area contributed by atoms with E-state index in [9.17, 15) is 0 Å².